The molecule has 1 aliphatic rings. The van der Waals surface area contributed by atoms with Crippen LogP contribution in [-0.4, -0.2) is 22.9 Å². The number of nitrogens with zero attached hydrogens (tertiary/aromatic N) is 1. The molecule has 2 nitrogen and oxygen atoms in total. The summed E-state index contributed by atoms with van der Waals surface area (Å²) in [5.74, 6) is -0.219. The van der Waals surface area contributed by atoms with Crippen LogP contribution in [0.5, 0.6) is 0 Å². The molecule has 0 spiro atoms. The van der Waals surface area contributed by atoms with Gasteiger partial charge in [-0.15, -0.1) is 0 Å². The van der Waals surface area contributed by atoms with Crippen molar-refractivity contribution in [1.82, 2.24) is 4.90 Å². The summed E-state index contributed by atoms with van der Waals surface area (Å²) < 4.78 is 13.2. The van der Waals surface area contributed by atoms with E-state index in [0.717, 1.165) is 19.3 Å². The van der Waals surface area contributed by atoms with E-state index in [1.807, 2.05) is 4.90 Å². The molecule has 0 saturated carbocycles. The molecule has 1 aromatic rings. The molecular weight excluding hydrogens is 229 g/mol. The number of carbonyl (C=O) groups excluding carboxylic acids is 1. The molecule has 0 N–H and O–H groups in total. The summed E-state index contributed by atoms with van der Waals surface area (Å²) in [7, 11) is 0. The number of hydrogen-bond donors (Lipinski definition) is 0. The van der Waals surface area contributed by atoms with Crippen molar-refractivity contribution in [2.45, 2.75) is 52.1 Å². The molecule has 1 heterocycles. The van der Waals surface area contributed by atoms with Crippen molar-refractivity contribution in [2.24, 2.45) is 0 Å². The van der Waals surface area contributed by atoms with Crippen molar-refractivity contribution in [3.8, 4) is 0 Å². The minimum atomic E-state index is -0.256. The van der Waals surface area contributed by atoms with Gasteiger partial charge in [-0.2, -0.15) is 0 Å². The first-order chi connectivity index (χ1) is 8.54. The summed E-state index contributed by atoms with van der Waals surface area (Å²) >= 11 is 0. The Hall–Kier alpha value is -1.38. The molecule has 0 bridgehead atoms. The van der Waals surface area contributed by atoms with E-state index >= 15 is 0 Å². The molecule has 1 aliphatic heterocycles. The van der Waals surface area contributed by atoms with Crippen LogP contribution in [0, 0.1) is 12.7 Å². The second-order valence-corrected chi connectivity index (χ2v) is 5.16. The van der Waals surface area contributed by atoms with Crippen LogP contribution in [0.25, 0.3) is 0 Å². The summed E-state index contributed by atoms with van der Waals surface area (Å²) in [5, 5.41) is 0. The number of amides is 1. The molecule has 18 heavy (non-hydrogen) atoms. The Morgan fingerprint density at radius 1 is 1.44 bits per heavy atom. The Bertz CT molecular complexity index is 458. The van der Waals surface area contributed by atoms with Crippen molar-refractivity contribution in [1.29, 1.82) is 0 Å². The lowest BCUT2D eigenvalue weighted by atomic mass is 10.1. The van der Waals surface area contributed by atoms with E-state index in [0.29, 0.717) is 17.2 Å². The highest BCUT2D eigenvalue weighted by molar-refractivity contribution is 5.95. The van der Waals surface area contributed by atoms with Gasteiger partial charge in [0.25, 0.3) is 5.91 Å². The third kappa shape index (κ3) is 2.26. The monoisotopic (exact) mass is 249 g/mol. The SMILES string of the molecule is CCC1CCC(C)N1C(=O)c1ccc(F)c(C)c1. The van der Waals surface area contributed by atoms with Gasteiger partial charge in [-0.05, 0) is 56.9 Å². The van der Waals surface area contributed by atoms with Crippen molar-refractivity contribution >= 4 is 5.91 Å². The Morgan fingerprint density at radius 2 is 2.17 bits per heavy atom. The summed E-state index contributed by atoms with van der Waals surface area (Å²) in [6.07, 6.45) is 3.12. The molecular formula is C15H20FNO. The minimum Gasteiger partial charge on any atom is -0.333 e. The van der Waals surface area contributed by atoms with Gasteiger partial charge in [-0.1, -0.05) is 6.92 Å². The zero-order valence-electron chi connectivity index (χ0n) is 11.2. The van der Waals surface area contributed by atoms with E-state index in [2.05, 4.69) is 13.8 Å². The highest BCUT2D eigenvalue weighted by Crippen LogP contribution is 2.28. The first-order valence-corrected chi connectivity index (χ1v) is 6.63. The smallest absolute Gasteiger partial charge is 0.254 e. The third-order valence-electron chi connectivity index (χ3n) is 3.90. The van der Waals surface area contributed by atoms with Crippen LogP contribution in [0.2, 0.25) is 0 Å². The highest BCUT2D eigenvalue weighted by Gasteiger charge is 2.33. The molecule has 0 aromatic heterocycles. The highest BCUT2D eigenvalue weighted by atomic mass is 19.1. The number of halogens is 1. The van der Waals surface area contributed by atoms with Gasteiger partial charge in [0.2, 0.25) is 0 Å². The summed E-state index contributed by atoms with van der Waals surface area (Å²) in [6, 6.07) is 5.23. The van der Waals surface area contributed by atoms with E-state index < -0.39 is 0 Å². The van der Waals surface area contributed by atoms with Crippen molar-refractivity contribution in [3.63, 3.8) is 0 Å². The molecule has 1 amide bonds. The van der Waals surface area contributed by atoms with Crippen LogP contribution in [-0.2, 0) is 0 Å². The normalized spacial score (nSPS) is 23.4. The lowest BCUT2D eigenvalue weighted by molar-refractivity contribution is 0.0676. The number of rotatable bonds is 2. The summed E-state index contributed by atoms with van der Waals surface area (Å²) in [4.78, 5) is 14.5. The standard InChI is InChI=1S/C15H20FNO/c1-4-13-7-5-11(3)17(13)15(18)12-6-8-14(16)10(2)9-12/h6,8-9,11,13H,4-5,7H2,1-3H3. The fraction of sp³-hybridized carbons (Fsp3) is 0.533. The Morgan fingerprint density at radius 3 is 2.78 bits per heavy atom. The fourth-order valence-electron chi connectivity index (χ4n) is 2.77. The number of likely N-dealkylation sites (tertiary alicyclic amines) is 1. The fourth-order valence-corrected chi connectivity index (χ4v) is 2.77. The quantitative estimate of drug-likeness (QED) is 0.785. The minimum absolute atomic E-state index is 0.0370. The molecule has 1 saturated heterocycles. The Labute approximate surface area is 108 Å². The van der Waals surface area contributed by atoms with Crippen LogP contribution in [0.4, 0.5) is 4.39 Å². The third-order valence-corrected chi connectivity index (χ3v) is 3.90. The number of hydrogen-bond acceptors (Lipinski definition) is 1. The lowest BCUT2D eigenvalue weighted by Gasteiger charge is -2.28. The predicted molar refractivity (Wildman–Crippen MR) is 70.1 cm³/mol. The number of carbonyl (C=O) groups is 1. The van der Waals surface area contributed by atoms with Crippen molar-refractivity contribution in [3.05, 3.63) is 35.1 Å². The van der Waals surface area contributed by atoms with Crippen LogP contribution < -0.4 is 0 Å². The summed E-state index contributed by atoms with van der Waals surface area (Å²) in [5.41, 5.74) is 1.13. The van der Waals surface area contributed by atoms with E-state index in [1.165, 1.54) is 6.07 Å². The van der Waals surface area contributed by atoms with Crippen molar-refractivity contribution < 1.29 is 9.18 Å². The molecule has 3 heteroatoms. The molecule has 0 radical (unpaired) electrons. The molecule has 1 aromatic carbocycles. The Kier molecular flexibility index (Phi) is 3.69. The van der Waals surface area contributed by atoms with E-state index in [-0.39, 0.29) is 17.8 Å². The molecule has 2 unspecified atom stereocenters. The number of benzene rings is 1. The first-order valence-electron chi connectivity index (χ1n) is 6.63. The average Bonchev–Trinajstić information content (AvgIpc) is 2.73. The van der Waals surface area contributed by atoms with Gasteiger partial charge in [0.15, 0.2) is 0 Å². The number of aryl methyl sites for hydroxylation is 1. The molecule has 2 rings (SSSR count). The van der Waals surface area contributed by atoms with Crippen LogP contribution in [0.3, 0.4) is 0 Å². The maximum atomic E-state index is 13.2. The molecule has 1 fully saturated rings. The van der Waals surface area contributed by atoms with E-state index in [1.54, 1.807) is 19.1 Å². The van der Waals surface area contributed by atoms with Crippen LogP contribution >= 0.6 is 0 Å². The van der Waals surface area contributed by atoms with Crippen LogP contribution in [0.15, 0.2) is 18.2 Å². The van der Waals surface area contributed by atoms with Gasteiger partial charge >= 0.3 is 0 Å². The van der Waals surface area contributed by atoms with Crippen molar-refractivity contribution in [2.75, 3.05) is 0 Å². The molecule has 0 aliphatic carbocycles. The predicted octanol–water partition coefficient (Wildman–Crippen LogP) is 3.54. The van der Waals surface area contributed by atoms with Crippen LogP contribution in [0.1, 0.15) is 49.0 Å². The Balaban J connectivity index is 2.27. The average molecular weight is 249 g/mol. The first kappa shape index (κ1) is 13.1. The summed E-state index contributed by atoms with van der Waals surface area (Å²) in [6.45, 7) is 5.89. The van der Waals surface area contributed by atoms with Gasteiger partial charge in [0, 0.05) is 17.6 Å². The van der Waals surface area contributed by atoms with Gasteiger partial charge in [0.1, 0.15) is 5.82 Å². The maximum Gasteiger partial charge on any atom is 0.254 e. The molecule has 98 valence electrons. The zero-order chi connectivity index (χ0) is 13.3. The second kappa shape index (κ2) is 5.09. The van der Waals surface area contributed by atoms with E-state index in [9.17, 15) is 9.18 Å². The topological polar surface area (TPSA) is 20.3 Å². The zero-order valence-corrected chi connectivity index (χ0v) is 11.2. The second-order valence-electron chi connectivity index (χ2n) is 5.16. The van der Waals surface area contributed by atoms with Gasteiger partial charge in [-0.3, -0.25) is 4.79 Å². The lowest BCUT2D eigenvalue weighted by Crippen LogP contribution is -2.39. The molecule has 2 atom stereocenters. The van der Waals surface area contributed by atoms with E-state index in [4.69, 9.17) is 0 Å². The largest absolute Gasteiger partial charge is 0.333 e. The van der Waals surface area contributed by atoms with Gasteiger partial charge in [0.05, 0.1) is 0 Å². The van der Waals surface area contributed by atoms with Gasteiger partial charge < -0.3 is 4.90 Å². The maximum absolute atomic E-state index is 13.2. The van der Waals surface area contributed by atoms with Gasteiger partial charge in [-0.25, -0.2) is 4.39 Å².